The van der Waals surface area contributed by atoms with E-state index in [1.807, 2.05) is 23.1 Å². The smallest absolute Gasteiger partial charge is 0.227 e. The van der Waals surface area contributed by atoms with Gasteiger partial charge < -0.3 is 14.7 Å². The number of carbonyl (C=O) groups is 3. The topological polar surface area (TPSA) is 60.9 Å². The fourth-order valence-corrected chi connectivity index (χ4v) is 3.18. The molecule has 2 aliphatic heterocycles. The Hall–Kier alpha value is -2.37. The summed E-state index contributed by atoms with van der Waals surface area (Å²) in [5.74, 6) is 0.227. The van der Waals surface area contributed by atoms with Crippen molar-refractivity contribution in [1.82, 2.24) is 9.80 Å². The van der Waals surface area contributed by atoms with Crippen molar-refractivity contribution >= 4 is 23.9 Å². The molecule has 122 valence electrons. The van der Waals surface area contributed by atoms with E-state index in [0.717, 1.165) is 29.6 Å². The lowest BCUT2D eigenvalue weighted by Crippen LogP contribution is -2.48. The molecule has 0 atom stereocenters. The van der Waals surface area contributed by atoms with Gasteiger partial charge in [0.05, 0.1) is 6.42 Å². The first kappa shape index (κ1) is 15.5. The zero-order valence-electron chi connectivity index (χ0n) is 13.3. The molecule has 0 aliphatic carbocycles. The lowest BCUT2D eigenvalue weighted by molar-refractivity contribution is -0.134. The van der Waals surface area contributed by atoms with Crippen LogP contribution < -0.4 is 4.90 Å². The predicted octanol–water partition coefficient (Wildman–Crippen LogP) is 0.439. The van der Waals surface area contributed by atoms with E-state index in [-0.39, 0.29) is 11.8 Å². The van der Waals surface area contributed by atoms with Crippen LogP contribution in [0.1, 0.15) is 17.5 Å². The van der Waals surface area contributed by atoms with Gasteiger partial charge in [0.1, 0.15) is 0 Å². The molecule has 2 aliphatic rings. The molecule has 6 heteroatoms. The van der Waals surface area contributed by atoms with Crippen molar-refractivity contribution in [2.24, 2.45) is 0 Å². The second kappa shape index (κ2) is 6.40. The predicted molar refractivity (Wildman–Crippen MR) is 86.1 cm³/mol. The number of rotatable bonds is 3. The van der Waals surface area contributed by atoms with Gasteiger partial charge in [0.25, 0.3) is 0 Å². The average molecular weight is 315 g/mol. The standard InChI is InChI=1S/C17H21N3O3/c1-18-15-4-2-13(10-14(15)3-5-16(18)22)11-17(23)20-8-6-19(12-21)7-9-20/h2,4,10,12H,3,5-9,11H2,1H3. The lowest BCUT2D eigenvalue weighted by Gasteiger charge is -2.32. The molecule has 2 heterocycles. The number of nitrogens with zero attached hydrogens (tertiary/aromatic N) is 3. The Labute approximate surface area is 135 Å². The number of anilines is 1. The molecule has 6 nitrogen and oxygen atoms in total. The summed E-state index contributed by atoms with van der Waals surface area (Å²) < 4.78 is 0. The zero-order valence-corrected chi connectivity index (χ0v) is 13.3. The summed E-state index contributed by atoms with van der Waals surface area (Å²) in [5, 5.41) is 0. The second-order valence-corrected chi connectivity index (χ2v) is 6.11. The minimum Gasteiger partial charge on any atom is -0.342 e. The molecular formula is C17H21N3O3. The number of benzene rings is 1. The van der Waals surface area contributed by atoms with Crippen LogP contribution in [0.4, 0.5) is 5.69 Å². The fourth-order valence-electron chi connectivity index (χ4n) is 3.18. The Morgan fingerprint density at radius 2 is 1.91 bits per heavy atom. The van der Waals surface area contributed by atoms with Crippen LogP contribution in [0.5, 0.6) is 0 Å². The summed E-state index contributed by atoms with van der Waals surface area (Å²) in [7, 11) is 1.79. The number of carbonyl (C=O) groups excluding carboxylic acids is 3. The van der Waals surface area contributed by atoms with Crippen molar-refractivity contribution in [2.75, 3.05) is 38.1 Å². The SMILES string of the molecule is CN1C(=O)CCc2cc(CC(=O)N3CCN(C=O)CC3)ccc21. The number of aryl methyl sites for hydroxylation is 1. The van der Waals surface area contributed by atoms with Crippen LogP contribution in [0.2, 0.25) is 0 Å². The van der Waals surface area contributed by atoms with E-state index >= 15 is 0 Å². The zero-order chi connectivity index (χ0) is 16.4. The maximum Gasteiger partial charge on any atom is 0.227 e. The van der Waals surface area contributed by atoms with Gasteiger partial charge in [-0.3, -0.25) is 14.4 Å². The summed E-state index contributed by atoms with van der Waals surface area (Å²) in [6.45, 7) is 2.40. The van der Waals surface area contributed by atoms with E-state index in [2.05, 4.69) is 0 Å². The average Bonchev–Trinajstić information content (AvgIpc) is 2.58. The molecule has 0 bridgehead atoms. The minimum absolute atomic E-state index is 0.0933. The highest BCUT2D eigenvalue weighted by Crippen LogP contribution is 2.27. The highest BCUT2D eigenvalue weighted by Gasteiger charge is 2.23. The van der Waals surface area contributed by atoms with Gasteiger partial charge in [-0.25, -0.2) is 0 Å². The van der Waals surface area contributed by atoms with Crippen molar-refractivity contribution in [1.29, 1.82) is 0 Å². The number of amides is 3. The molecule has 1 aromatic rings. The van der Waals surface area contributed by atoms with E-state index in [9.17, 15) is 14.4 Å². The molecule has 0 spiro atoms. The van der Waals surface area contributed by atoms with E-state index in [1.165, 1.54) is 0 Å². The van der Waals surface area contributed by atoms with Crippen LogP contribution >= 0.6 is 0 Å². The number of fused-ring (bicyclic) bond motifs is 1. The Morgan fingerprint density at radius 3 is 2.61 bits per heavy atom. The van der Waals surface area contributed by atoms with Crippen LogP contribution in [0.3, 0.4) is 0 Å². The molecule has 1 fully saturated rings. The molecule has 0 aromatic heterocycles. The van der Waals surface area contributed by atoms with Gasteiger partial charge in [-0.1, -0.05) is 12.1 Å². The highest BCUT2D eigenvalue weighted by molar-refractivity contribution is 5.96. The monoisotopic (exact) mass is 315 g/mol. The quantitative estimate of drug-likeness (QED) is 0.761. The maximum atomic E-state index is 12.4. The van der Waals surface area contributed by atoms with Crippen molar-refractivity contribution < 1.29 is 14.4 Å². The Bertz CT molecular complexity index is 636. The van der Waals surface area contributed by atoms with Crippen LogP contribution in [-0.2, 0) is 27.2 Å². The summed E-state index contributed by atoms with van der Waals surface area (Å²) in [5.41, 5.74) is 3.05. The molecule has 0 unspecified atom stereocenters. The molecular weight excluding hydrogens is 294 g/mol. The molecule has 23 heavy (non-hydrogen) atoms. The largest absolute Gasteiger partial charge is 0.342 e. The Morgan fingerprint density at radius 1 is 1.17 bits per heavy atom. The van der Waals surface area contributed by atoms with Gasteiger partial charge in [-0.2, -0.15) is 0 Å². The van der Waals surface area contributed by atoms with Gasteiger partial charge in [-0.15, -0.1) is 0 Å². The van der Waals surface area contributed by atoms with E-state index in [0.29, 0.717) is 39.0 Å². The Kier molecular flexibility index (Phi) is 4.32. The third-order valence-electron chi connectivity index (χ3n) is 4.66. The lowest BCUT2D eigenvalue weighted by atomic mass is 9.98. The molecule has 3 rings (SSSR count). The summed E-state index contributed by atoms with van der Waals surface area (Å²) >= 11 is 0. The van der Waals surface area contributed by atoms with Gasteiger partial charge in [0, 0.05) is 45.3 Å². The first-order valence-corrected chi connectivity index (χ1v) is 7.94. The fraction of sp³-hybridized carbons (Fsp3) is 0.471. The first-order chi connectivity index (χ1) is 11.1. The first-order valence-electron chi connectivity index (χ1n) is 7.94. The Balaban J connectivity index is 1.66. The molecule has 3 amide bonds. The third kappa shape index (κ3) is 3.21. The van der Waals surface area contributed by atoms with Crippen molar-refractivity contribution in [3.8, 4) is 0 Å². The maximum absolute atomic E-state index is 12.4. The third-order valence-corrected chi connectivity index (χ3v) is 4.66. The van der Waals surface area contributed by atoms with Gasteiger partial charge >= 0.3 is 0 Å². The van der Waals surface area contributed by atoms with Gasteiger partial charge in [-0.05, 0) is 23.6 Å². The summed E-state index contributed by atoms with van der Waals surface area (Å²) in [4.78, 5) is 40.0. The second-order valence-electron chi connectivity index (χ2n) is 6.11. The van der Waals surface area contributed by atoms with Crippen molar-refractivity contribution in [3.05, 3.63) is 29.3 Å². The van der Waals surface area contributed by atoms with Crippen LogP contribution in [-0.4, -0.2) is 61.3 Å². The highest BCUT2D eigenvalue weighted by atomic mass is 16.2. The summed E-state index contributed by atoms with van der Waals surface area (Å²) in [6.07, 6.45) is 2.46. The number of piperazine rings is 1. The van der Waals surface area contributed by atoms with Gasteiger partial charge in [0.15, 0.2) is 0 Å². The molecule has 0 N–H and O–H groups in total. The normalized spacial score (nSPS) is 18.0. The van der Waals surface area contributed by atoms with Crippen LogP contribution in [0.15, 0.2) is 18.2 Å². The van der Waals surface area contributed by atoms with E-state index < -0.39 is 0 Å². The molecule has 0 radical (unpaired) electrons. The number of hydrogen-bond acceptors (Lipinski definition) is 3. The van der Waals surface area contributed by atoms with Crippen molar-refractivity contribution in [3.63, 3.8) is 0 Å². The minimum atomic E-state index is 0.0933. The van der Waals surface area contributed by atoms with E-state index in [4.69, 9.17) is 0 Å². The summed E-state index contributed by atoms with van der Waals surface area (Å²) in [6, 6.07) is 5.89. The van der Waals surface area contributed by atoms with E-state index in [1.54, 1.807) is 16.8 Å². The van der Waals surface area contributed by atoms with Crippen LogP contribution in [0, 0.1) is 0 Å². The molecule has 1 aromatic carbocycles. The van der Waals surface area contributed by atoms with Crippen molar-refractivity contribution in [2.45, 2.75) is 19.3 Å². The van der Waals surface area contributed by atoms with Crippen LogP contribution in [0.25, 0.3) is 0 Å². The molecule has 0 saturated carbocycles. The van der Waals surface area contributed by atoms with Gasteiger partial charge in [0.2, 0.25) is 18.2 Å². The number of hydrogen-bond donors (Lipinski definition) is 0. The molecule has 1 saturated heterocycles.